The molecule has 0 aliphatic heterocycles. The average molecular weight is 2640 g/mol. The number of nitrogen functional groups attached to an aromatic ring is 4. The maximum atomic E-state index is 13.9. The van der Waals surface area contributed by atoms with Crippen LogP contribution >= 0.6 is 0 Å². The van der Waals surface area contributed by atoms with Gasteiger partial charge in [-0.25, -0.2) is 87.8 Å². The fourth-order valence-electron chi connectivity index (χ4n) is 18.0. The van der Waals surface area contributed by atoms with Crippen molar-refractivity contribution in [3.8, 4) is 0 Å². The van der Waals surface area contributed by atoms with Crippen molar-refractivity contribution in [3.05, 3.63) is 291 Å². The van der Waals surface area contributed by atoms with E-state index in [2.05, 4.69) is 0 Å². The number of nitrogens with zero attached hydrogens (tertiary/aromatic N) is 7. The van der Waals surface area contributed by atoms with Crippen LogP contribution in [0.1, 0.15) is 172 Å². The Labute approximate surface area is 900 Å². The van der Waals surface area contributed by atoms with Crippen LogP contribution in [0.15, 0.2) is 76.9 Å². The molecule has 7 aromatic heterocycles. The van der Waals surface area contributed by atoms with E-state index in [4.69, 9.17) is 40.1 Å². The smallest absolute Gasteiger partial charge is 0.194 e. The second kappa shape index (κ2) is 41.1. The van der Waals surface area contributed by atoms with Crippen molar-refractivity contribution >= 4 is 116 Å². The first-order chi connectivity index (χ1) is 65.0. The Kier molecular flexibility index (Phi) is 32.2. The van der Waals surface area contributed by atoms with Gasteiger partial charge in [0, 0.05) is 314 Å². The third-order valence-corrected chi connectivity index (χ3v) is 26.6. The van der Waals surface area contributed by atoms with Crippen molar-refractivity contribution < 1.29 is 220 Å². The Morgan fingerprint density at radius 2 is 0.352 bits per heavy atom. The summed E-state index contributed by atoms with van der Waals surface area (Å²) in [7, 11) is 0. The first-order valence-electron chi connectivity index (χ1n) is 43.7. The maximum absolute atomic E-state index is 13.9. The van der Waals surface area contributed by atoms with Crippen molar-refractivity contribution in [2.24, 2.45) is 0 Å². The van der Waals surface area contributed by atoms with Crippen LogP contribution in [-0.2, 0) is 0 Å². The van der Waals surface area contributed by atoms with E-state index in [-0.39, 0.29) is 295 Å². The topological polar surface area (TPSA) is 329 Å². The van der Waals surface area contributed by atoms with E-state index in [9.17, 15) is 121 Å². The van der Waals surface area contributed by atoms with Gasteiger partial charge < -0.3 is 72.1 Å². The van der Waals surface area contributed by atoms with Gasteiger partial charge in [0.25, 0.3) is 0 Å². The molecular weight excluding hydrogens is 2550 g/mol. The van der Waals surface area contributed by atoms with Gasteiger partial charge in [0.1, 0.15) is 54.5 Å². The van der Waals surface area contributed by atoms with Crippen molar-refractivity contribution in [1.29, 1.82) is 0 Å². The molecule has 7 aliphatic rings. The van der Waals surface area contributed by atoms with Gasteiger partial charge in [-0.15, -0.1) is 0 Å². The van der Waals surface area contributed by atoms with Crippen LogP contribution in [-0.4, -0.2) is 69.0 Å². The minimum atomic E-state index is -1.34. The Bertz CT molecular complexity index is 7160. The summed E-state index contributed by atoms with van der Waals surface area (Å²) in [6.45, 7) is 20.4. The summed E-state index contributed by atoms with van der Waals surface area (Å²) in [6.07, 6.45) is 7.99. The van der Waals surface area contributed by atoms with Crippen molar-refractivity contribution in [2.75, 3.05) is 22.9 Å². The number of halogens is 20. The van der Waals surface area contributed by atoms with Crippen molar-refractivity contribution in [2.45, 2.75) is 228 Å². The minimum Gasteiger partial charge on any atom is -0.696 e. The molecule has 0 bridgehead atoms. The van der Waals surface area contributed by atoms with Crippen molar-refractivity contribution in [3.63, 3.8) is 0 Å². The van der Waals surface area contributed by atoms with E-state index >= 15 is 0 Å². The van der Waals surface area contributed by atoms with Gasteiger partial charge in [0.15, 0.2) is 102 Å². The molecule has 11 N–H and O–H groups in total. The summed E-state index contributed by atoms with van der Waals surface area (Å²) in [6, 6.07) is -2.50. The predicted molar refractivity (Wildman–Crippen MR) is 492 cm³/mol. The van der Waals surface area contributed by atoms with Gasteiger partial charge in [0.05, 0.1) is 119 Å². The van der Waals surface area contributed by atoms with E-state index in [0.717, 1.165) is 12.8 Å². The molecule has 0 spiro atoms. The largest absolute Gasteiger partial charge is 0.696 e. The molecule has 21 nitrogen and oxygen atoms in total. The summed E-state index contributed by atoms with van der Waals surface area (Å²) in [5, 5.41) is -0.647. The number of alkyl halides is 6. The normalized spacial score (nSPS) is 20.2. The molecule has 7 saturated carbocycles. The number of fused-ring (bicyclic) bond motifs is 7. The number of nitrogens with two attached hydrogens (primary N) is 4. The summed E-state index contributed by atoms with van der Waals surface area (Å²) in [4.78, 5) is 85.0. The molecule has 0 unspecified atom stereocenters. The monoisotopic (exact) mass is 2630 g/mol. The first-order valence-corrected chi connectivity index (χ1v) is 43.7. The Balaban J connectivity index is 0.000000147. The zero-order chi connectivity index (χ0) is 102. The van der Waals surface area contributed by atoms with Gasteiger partial charge in [-0.3, -0.25) is 33.6 Å². The Morgan fingerprint density at radius 1 is 0.225 bits per heavy atom. The molecule has 142 heavy (non-hydrogen) atoms. The predicted octanol–water partition coefficient (Wildman–Crippen LogP) is 22.7. The van der Waals surface area contributed by atoms with Crippen molar-refractivity contribution in [1.82, 2.24) is 32.0 Å². The second-order valence-corrected chi connectivity index (χ2v) is 36.6. The molecule has 12 atom stereocenters. The van der Waals surface area contributed by atoms with Gasteiger partial charge >= 0.3 is 0 Å². The number of aryl methyl sites for hydroxylation is 14. The second-order valence-electron chi connectivity index (χ2n) is 36.6. The zero-order valence-electron chi connectivity index (χ0n) is 78.3. The Hall–Kier alpha value is -9.47. The van der Waals surface area contributed by atoms with E-state index in [1.807, 2.05) is 4.57 Å². The molecule has 745 valence electrons. The third kappa shape index (κ3) is 19.2. The Morgan fingerprint density at radius 3 is 0.500 bits per heavy atom. The number of hydrogen-bond donors (Lipinski definition) is 4. The number of rotatable bonds is 7. The van der Waals surface area contributed by atoms with E-state index in [1.54, 1.807) is 33.9 Å². The van der Waals surface area contributed by atoms with Crippen LogP contribution in [0, 0.1) is 311 Å². The van der Waals surface area contributed by atoms with Gasteiger partial charge in [0.2, 0.25) is 0 Å². The molecule has 14 aromatic rings. The molecule has 0 amide bonds. The SMILES string of the molecule is Cc1cn(C2CC2)c2c(C)c(F)c(F)c(N)c2c1=O.Cc1cn([C@@H]2C[C@@H]2F)c2c(C)c(F)c(F)c(N)c2c1=O.Cc1cn([C@@H]2C[C@@H]2F)c2c(C)c(F)c(F)c(N)c2c1=O.Cc1cn([C@@H]2C[C@@H]2F)c2c(C)c(F)c(F)c(N)c2c1=O.Cc1cn([C@@H]2C[C@@H]2F)c2c(C)c(F)c(F)c([NH-])c2c1=O.Cc1cn([C@@H]2C[C@@H]2F)c2c(C)c(F)c(F)c([NH-])c2c1=O.Cc1cn([C@@H]2C[C@@H]2F)c2c(C)c(F)c(F)c([NH-])c2c1=O.[Ac].[Ac].[Ac]. The molecule has 7 aliphatic carbocycles. The molecule has 7 aromatic carbocycles. The summed E-state index contributed by atoms with van der Waals surface area (Å²) in [5.41, 5.74) is 41.4. The summed E-state index contributed by atoms with van der Waals surface area (Å²) in [5.74, 6) is -16.5. The van der Waals surface area contributed by atoms with Crippen LogP contribution in [0.5, 0.6) is 0 Å². The van der Waals surface area contributed by atoms with Crippen LogP contribution < -0.4 is 60.9 Å². The molecule has 7 heterocycles. The zero-order valence-corrected chi connectivity index (χ0v) is 92.5. The number of aromatic nitrogens is 7. The average Bonchev–Trinajstić information content (AvgIpc) is 1.59. The summed E-state index contributed by atoms with van der Waals surface area (Å²) < 4.78 is 284. The fourth-order valence-corrected chi connectivity index (χ4v) is 18.0. The number of hydrogen-bond acceptors (Lipinski definition) is 11. The first kappa shape index (κ1) is 111. The standard InChI is InChI=1S/6C14H13F3N2O.C14H14F2N2O.3Ac/c6*1-5-4-19(8-3-7(8)15)13-6(2)10(16)11(17)12(18)9(13)14(5)20;1-6-5-18(8-3-4-8)13-7(2)10(15)11(16)12(17)9(13)14(6)19;;;/h3*4,7-8H,3H2,1-2H3,(H2,18,20);3*4,7-8H,3,18H2,1-2H3;5,8H,3-4,17H2,1-2H3;;;/p-3/t6*7-,8+;;;;/m000000..../s1. The molecule has 0 saturated heterocycles. The number of anilines is 4. The molecular formula is C98H89Ac3F20N14O7-3. The molecule has 21 rings (SSSR count). The third-order valence-electron chi connectivity index (χ3n) is 26.6. The molecule has 7 fully saturated rings. The van der Waals surface area contributed by atoms with E-state index in [0.29, 0.717) is 47.0 Å². The number of nitrogens with one attached hydrogen (secondary N) is 3. The van der Waals surface area contributed by atoms with Gasteiger partial charge in [-0.2, -0.15) is 0 Å². The van der Waals surface area contributed by atoms with Crippen LogP contribution in [0.2, 0.25) is 0 Å². The van der Waals surface area contributed by atoms with Crippen LogP contribution in [0.25, 0.3) is 93.5 Å². The molecule has 44 heteroatoms. The quantitative estimate of drug-likeness (QED) is 0.0858. The van der Waals surface area contributed by atoms with E-state index in [1.165, 1.54) is 134 Å². The van der Waals surface area contributed by atoms with E-state index < -0.39 is 221 Å². The molecule has 3 radical (unpaired) electrons. The van der Waals surface area contributed by atoms with Gasteiger partial charge in [-0.1, -0.05) is 17.1 Å². The number of pyridine rings is 7. The van der Waals surface area contributed by atoms with Crippen LogP contribution in [0.3, 0.4) is 0 Å². The fraction of sp³-hybridized carbons (Fsp3) is 0.357. The summed E-state index contributed by atoms with van der Waals surface area (Å²) >= 11 is 0. The van der Waals surface area contributed by atoms with Crippen LogP contribution in [0.4, 0.5) is 128 Å². The number of benzene rings is 7. The van der Waals surface area contributed by atoms with Gasteiger partial charge in [-0.05, 0) is 110 Å². The minimum absolute atomic E-state index is 0. The maximum Gasteiger partial charge on any atom is 0.194 e.